The van der Waals surface area contributed by atoms with Crippen molar-refractivity contribution in [1.82, 2.24) is 5.32 Å². The lowest BCUT2D eigenvalue weighted by atomic mass is 9.85. The van der Waals surface area contributed by atoms with E-state index in [0.717, 1.165) is 18.7 Å². The van der Waals surface area contributed by atoms with E-state index in [0.29, 0.717) is 0 Å². The molecule has 0 heterocycles. The molecule has 0 aliphatic heterocycles. The van der Waals surface area contributed by atoms with Gasteiger partial charge >= 0.3 is 0 Å². The Hall–Kier alpha value is -1.02. The number of aryl methyl sites for hydroxylation is 1. The lowest BCUT2D eigenvalue weighted by molar-refractivity contribution is 0.0834. The molecule has 0 aromatic heterocycles. The van der Waals surface area contributed by atoms with Gasteiger partial charge in [-0.3, -0.25) is 0 Å². The van der Waals surface area contributed by atoms with Crippen LogP contribution in [0.2, 0.25) is 0 Å². The molecule has 0 spiro atoms. The number of likely N-dealkylation sites (N-methyl/N-ethyl adjacent to an activating group) is 1. The first-order valence-corrected chi connectivity index (χ1v) is 7.16. The first kappa shape index (κ1) is 16.0. The van der Waals surface area contributed by atoms with Crippen molar-refractivity contribution in [2.45, 2.75) is 59.0 Å². The summed E-state index contributed by atoms with van der Waals surface area (Å²) in [5.74, 6) is 1.02. The number of benzene rings is 1. The van der Waals surface area contributed by atoms with Gasteiger partial charge in [-0.1, -0.05) is 39.8 Å². The van der Waals surface area contributed by atoms with Crippen LogP contribution in [0.5, 0.6) is 5.75 Å². The van der Waals surface area contributed by atoms with E-state index in [2.05, 4.69) is 65.1 Å². The molecule has 2 heteroatoms. The molecule has 108 valence electrons. The lowest BCUT2D eigenvalue weighted by Crippen LogP contribution is -2.41. The van der Waals surface area contributed by atoms with E-state index in [1.165, 1.54) is 11.1 Å². The summed E-state index contributed by atoms with van der Waals surface area (Å²) in [5.41, 5.74) is 2.44. The zero-order valence-electron chi connectivity index (χ0n) is 13.6. The van der Waals surface area contributed by atoms with Gasteiger partial charge in [0, 0.05) is 6.54 Å². The van der Waals surface area contributed by atoms with Gasteiger partial charge in [0.25, 0.3) is 0 Å². The largest absolute Gasteiger partial charge is 0.486 e. The van der Waals surface area contributed by atoms with Crippen LogP contribution in [-0.4, -0.2) is 19.2 Å². The fourth-order valence-electron chi connectivity index (χ4n) is 2.21. The maximum atomic E-state index is 6.37. The highest BCUT2D eigenvalue weighted by atomic mass is 16.5. The monoisotopic (exact) mass is 263 g/mol. The smallest absolute Gasteiger partial charge is 0.124 e. The van der Waals surface area contributed by atoms with E-state index in [9.17, 15) is 0 Å². The molecule has 1 N–H and O–H groups in total. The highest BCUT2D eigenvalue weighted by Gasteiger charge is 2.27. The predicted octanol–water partition coefficient (Wildman–Crippen LogP) is 4.06. The maximum Gasteiger partial charge on any atom is 0.124 e. The Bertz CT molecular complexity index is 420. The summed E-state index contributed by atoms with van der Waals surface area (Å²) in [6.45, 7) is 14.0. The van der Waals surface area contributed by atoms with Gasteiger partial charge in [0.05, 0.1) is 0 Å². The van der Waals surface area contributed by atoms with E-state index in [-0.39, 0.29) is 11.0 Å². The van der Waals surface area contributed by atoms with E-state index in [1.54, 1.807) is 0 Å². The third kappa shape index (κ3) is 4.24. The summed E-state index contributed by atoms with van der Waals surface area (Å²) in [6, 6.07) is 6.51. The van der Waals surface area contributed by atoms with Gasteiger partial charge in [-0.15, -0.1) is 0 Å². The van der Waals surface area contributed by atoms with Crippen molar-refractivity contribution in [1.29, 1.82) is 0 Å². The molecule has 0 fully saturated rings. The Balaban J connectivity index is 3.15. The summed E-state index contributed by atoms with van der Waals surface area (Å²) < 4.78 is 6.37. The quantitative estimate of drug-likeness (QED) is 0.865. The molecule has 1 aromatic rings. The zero-order chi connectivity index (χ0) is 14.7. The molecule has 1 rings (SSSR count). The van der Waals surface area contributed by atoms with Crippen LogP contribution in [-0.2, 0) is 5.41 Å². The van der Waals surface area contributed by atoms with Crippen molar-refractivity contribution in [3.63, 3.8) is 0 Å². The molecule has 0 aliphatic carbocycles. The molecule has 1 atom stereocenters. The predicted molar refractivity (Wildman–Crippen MR) is 83.1 cm³/mol. The van der Waals surface area contributed by atoms with Crippen LogP contribution in [0.3, 0.4) is 0 Å². The number of nitrogens with one attached hydrogen (secondary N) is 1. The second kappa shape index (κ2) is 5.96. The van der Waals surface area contributed by atoms with Crippen molar-refractivity contribution in [2.24, 2.45) is 0 Å². The van der Waals surface area contributed by atoms with Gasteiger partial charge in [-0.2, -0.15) is 0 Å². The third-order valence-electron chi connectivity index (χ3n) is 3.60. The summed E-state index contributed by atoms with van der Waals surface area (Å²) in [7, 11) is 1.97. The molecule has 1 aromatic carbocycles. The summed E-state index contributed by atoms with van der Waals surface area (Å²) >= 11 is 0. The number of rotatable bonds is 5. The molecular weight excluding hydrogens is 234 g/mol. The van der Waals surface area contributed by atoms with Gasteiger partial charge in [0.1, 0.15) is 11.4 Å². The number of hydrogen-bond donors (Lipinski definition) is 1. The Morgan fingerprint density at radius 3 is 2.26 bits per heavy atom. The highest BCUT2D eigenvalue weighted by Crippen LogP contribution is 2.34. The molecule has 0 aliphatic rings. The Morgan fingerprint density at radius 1 is 1.16 bits per heavy atom. The van der Waals surface area contributed by atoms with Gasteiger partial charge in [0.15, 0.2) is 0 Å². The van der Waals surface area contributed by atoms with Gasteiger partial charge in [-0.25, -0.2) is 0 Å². The Kier molecular flexibility index (Phi) is 5.03. The highest BCUT2D eigenvalue weighted by molar-refractivity contribution is 5.41. The number of ether oxygens (including phenoxy) is 1. The molecule has 0 amide bonds. The maximum absolute atomic E-state index is 6.37. The topological polar surface area (TPSA) is 21.3 Å². The van der Waals surface area contributed by atoms with Crippen LogP contribution in [0.4, 0.5) is 0 Å². The van der Waals surface area contributed by atoms with Crippen molar-refractivity contribution in [2.75, 3.05) is 13.6 Å². The molecule has 0 bridgehead atoms. The fraction of sp³-hybridized carbons (Fsp3) is 0.647. The second-order valence-corrected chi connectivity index (χ2v) is 6.69. The van der Waals surface area contributed by atoms with Gasteiger partial charge in [0.2, 0.25) is 0 Å². The minimum atomic E-state index is -0.164. The molecular formula is C17H29NO. The van der Waals surface area contributed by atoms with E-state index < -0.39 is 0 Å². The van der Waals surface area contributed by atoms with Crippen molar-refractivity contribution in [3.05, 3.63) is 29.3 Å². The SMILES string of the molecule is CCC(C)(CNC)Oc1cc(C)ccc1C(C)(C)C. The lowest BCUT2D eigenvalue weighted by Gasteiger charge is -2.33. The van der Waals surface area contributed by atoms with E-state index in [4.69, 9.17) is 4.74 Å². The van der Waals surface area contributed by atoms with Crippen LogP contribution in [0.25, 0.3) is 0 Å². The summed E-state index contributed by atoms with van der Waals surface area (Å²) in [6.07, 6.45) is 0.978. The van der Waals surface area contributed by atoms with Crippen molar-refractivity contribution in [3.8, 4) is 5.75 Å². The van der Waals surface area contributed by atoms with Gasteiger partial charge < -0.3 is 10.1 Å². The summed E-state index contributed by atoms with van der Waals surface area (Å²) in [5, 5.41) is 3.23. The van der Waals surface area contributed by atoms with Crippen LogP contribution < -0.4 is 10.1 Å². The van der Waals surface area contributed by atoms with Crippen LogP contribution in [0, 0.1) is 6.92 Å². The molecule has 1 unspecified atom stereocenters. The average molecular weight is 263 g/mol. The standard InChI is InChI=1S/C17H29NO/c1-8-17(6,12-18-7)19-15-11-13(2)9-10-14(15)16(3,4)5/h9-11,18H,8,12H2,1-7H3. The molecule has 0 saturated heterocycles. The fourth-order valence-corrected chi connectivity index (χ4v) is 2.21. The minimum Gasteiger partial charge on any atom is -0.486 e. The van der Waals surface area contributed by atoms with Crippen molar-refractivity contribution >= 4 is 0 Å². The molecule has 0 radical (unpaired) electrons. The zero-order valence-corrected chi connectivity index (χ0v) is 13.6. The first-order valence-electron chi connectivity index (χ1n) is 7.16. The molecule has 2 nitrogen and oxygen atoms in total. The third-order valence-corrected chi connectivity index (χ3v) is 3.60. The Morgan fingerprint density at radius 2 is 1.79 bits per heavy atom. The Labute approximate surface area is 118 Å². The minimum absolute atomic E-state index is 0.0946. The van der Waals surface area contributed by atoms with Crippen molar-refractivity contribution < 1.29 is 4.74 Å². The molecule has 0 saturated carbocycles. The summed E-state index contributed by atoms with van der Waals surface area (Å²) in [4.78, 5) is 0. The average Bonchev–Trinajstić information content (AvgIpc) is 2.27. The van der Waals surface area contributed by atoms with Crippen LogP contribution in [0.15, 0.2) is 18.2 Å². The molecule has 19 heavy (non-hydrogen) atoms. The first-order chi connectivity index (χ1) is 8.72. The van der Waals surface area contributed by atoms with E-state index >= 15 is 0 Å². The van der Waals surface area contributed by atoms with Crippen LogP contribution >= 0.6 is 0 Å². The van der Waals surface area contributed by atoms with Gasteiger partial charge in [-0.05, 0) is 49.9 Å². The van der Waals surface area contributed by atoms with Crippen LogP contribution in [0.1, 0.15) is 52.2 Å². The normalized spacial score (nSPS) is 15.1. The number of hydrogen-bond acceptors (Lipinski definition) is 2. The second-order valence-electron chi connectivity index (χ2n) is 6.69. The van der Waals surface area contributed by atoms with E-state index in [1.807, 2.05) is 7.05 Å².